The maximum atomic E-state index is 12.3. The molecular weight excluding hydrogens is 368 g/mol. The second-order valence-corrected chi connectivity index (χ2v) is 6.67. The Kier molecular flexibility index (Phi) is 5.55. The predicted octanol–water partition coefficient (Wildman–Crippen LogP) is 3.95. The predicted molar refractivity (Wildman–Crippen MR) is 110 cm³/mol. The number of nitrogens with zero attached hydrogens (tertiary/aromatic N) is 3. The minimum atomic E-state index is -0.335. The molecule has 0 radical (unpaired) electrons. The van der Waals surface area contributed by atoms with Crippen molar-refractivity contribution in [1.29, 1.82) is 5.26 Å². The Hall–Kier alpha value is -3.79. The minimum Gasteiger partial charge on any atom is -0.497 e. The van der Waals surface area contributed by atoms with Crippen molar-refractivity contribution in [3.05, 3.63) is 69.7 Å². The molecule has 1 aromatic carbocycles. The van der Waals surface area contributed by atoms with Gasteiger partial charge >= 0.3 is 0 Å². The van der Waals surface area contributed by atoms with E-state index >= 15 is 0 Å². The van der Waals surface area contributed by atoms with Crippen molar-refractivity contribution in [1.82, 2.24) is 9.99 Å². The number of benzene rings is 1. The highest BCUT2D eigenvalue weighted by atomic mass is 16.5. The lowest BCUT2D eigenvalue weighted by atomic mass is 10.2. The fourth-order valence-electron chi connectivity index (χ4n) is 3.12. The summed E-state index contributed by atoms with van der Waals surface area (Å²) in [5, 5.41) is 13.6. The number of carbonyl (C=O) groups is 1. The average molecular weight is 390 g/mol. The van der Waals surface area contributed by atoms with E-state index in [-0.39, 0.29) is 5.91 Å². The quantitative estimate of drug-likeness (QED) is 0.527. The summed E-state index contributed by atoms with van der Waals surface area (Å²) >= 11 is 0. The Morgan fingerprint density at radius 1 is 1.28 bits per heavy atom. The summed E-state index contributed by atoms with van der Waals surface area (Å²) in [6, 6.07) is 11.0. The molecule has 29 heavy (non-hydrogen) atoms. The topological polar surface area (TPSA) is 92.5 Å². The second-order valence-electron chi connectivity index (χ2n) is 6.67. The molecule has 1 N–H and O–H groups in total. The number of nitriles is 1. The molecule has 0 bridgehead atoms. The molecule has 0 spiro atoms. The molecule has 3 aromatic rings. The third-order valence-electron chi connectivity index (χ3n) is 4.85. The third kappa shape index (κ3) is 3.78. The largest absolute Gasteiger partial charge is 0.497 e. The SMILES string of the molecule is COc1cccc(C(=O)N/N=C\c2cc(C)n(-c3oc(C)c(C)c3C#N)c2C)c1. The third-order valence-corrected chi connectivity index (χ3v) is 4.85. The van der Waals surface area contributed by atoms with Gasteiger partial charge in [-0.25, -0.2) is 5.43 Å². The van der Waals surface area contributed by atoms with Crippen LogP contribution in [0.25, 0.3) is 5.88 Å². The number of ether oxygens (including phenoxy) is 1. The first-order valence-electron chi connectivity index (χ1n) is 9.04. The van der Waals surface area contributed by atoms with Crippen molar-refractivity contribution in [3.63, 3.8) is 0 Å². The molecule has 7 nitrogen and oxygen atoms in total. The number of aromatic nitrogens is 1. The van der Waals surface area contributed by atoms with Gasteiger partial charge in [-0.05, 0) is 52.0 Å². The first-order chi connectivity index (χ1) is 13.9. The van der Waals surface area contributed by atoms with E-state index in [2.05, 4.69) is 16.6 Å². The summed E-state index contributed by atoms with van der Waals surface area (Å²) in [4.78, 5) is 12.3. The number of amides is 1. The Balaban J connectivity index is 1.85. The van der Waals surface area contributed by atoms with Crippen molar-refractivity contribution in [2.24, 2.45) is 5.10 Å². The van der Waals surface area contributed by atoms with Gasteiger partial charge in [0.2, 0.25) is 5.88 Å². The van der Waals surface area contributed by atoms with Crippen molar-refractivity contribution >= 4 is 12.1 Å². The van der Waals surface area contributed by atoms with Crippen LogP contribution in [0.15, 0.2) is 39.9 Å². The van der Waals surface area contributed by atoms with Gasteiger partial charge in [0.25, 0.3) is 5.91 Å². The van der Waals surface area contributed by atoms with E-state index in [1.54, 1.807) is 37.6 Å². The fourth-order valence-corrected chi connectivity index (χ4v) is 3.12. The standard InChI is InChI=1S/C22H22N4O3/c1-13-9-18(12-24-25-21(27)17-7-6-8-19(10-17)28-5)15(3)26(13)22-20(11-23)14(2)16(4)29-22/h6-10,12H,1-5H3,(H,25,27)/b24-12-. The summed E-state index contributed by atoms with van der Waals surface area (Å²) in [7, 11) is 1.55. The molecule has 0 unspecified atom stereocenters. The van der Waals surface area contributed by atoms with Crippen molar-refractivity contribution in [2.45, 2.75) is 27.7 Å². The number of carbonyl (C=O) groups excluding carboxylic acids is 1. The van der Waals surface area contributed by atoms with Gasteiger partial charge in [-0.2, -0.15) is 10.4 Å². The first-order valence-corrected chi connectivity index (χ1v) is 9.04. The molecule has 0 aliphatic carbocycles. The smallest absolute Gasteiger partial charge is 0.271 e. The summed E-state index contributed by atoms with van der Waals surface area (Å²) in [5.41, 5.74) is 6.87. The Morgan fingerprint density at radius 2 is 2.03 bits per heavy atom. The van der Waals surface area contributed by atoms with Crippen molar-refractivity contribution in [3.8, 4) is 17.7 Å². The lowest BCUT2D eigenvalue weighted by Crippen LogP contribution is -2.17. The number of furan rings is 1. The van der Waals surface area contributed by atoms with E-state index < -0.39 is 0 Å². The highest BCUT2D eigenvalue weighted by Gasteiger charge is 2.20. The molecule has 1 amide bonds. The fraction of sp³-hybridized carbons (Fsp3) is 0.227. The summed E-state index contributed by atoms with van der Waals surface area (Å²) in [6.07, 6.45) is 1.58. The van der Waals surface area contributed by atoms with Crippen LogP contribution in [0.4, 0.5) is 0 Å². The van der Waals surface area contributed by atoms with E-state index in [4.69, 9.17) is 9.15 Å². The van der Waals surface area contributed by atoms with Crippen LogP contribution in [-0.4, -0.2) is 23.8 Å². The van der Waals surface area contributed by atoms with E-state index in [1.165, 1.54) is 0 Å². The van der Waals surface area contributed by atoms with Gasteiger partial charge in [0.15, 0.2) is 0 Å². The monoisotopic (exact) mass is 390 g/mol. The van der Waals surface area contributed by atoms with E-state index in [1.807, 2.05) is 38.3 Å². The Morgan fingerprint density at radius 3 is 2.72 bits per heavy atom. The molecular formula is C22H22N4O3. The highest BCUT2D eigenvalue weighted by Crippen LogP contribution is 2.28. The lowest BCUT2D eigenvalue weighted by molar-refractivity contribution is 0.0955. The molecule has 0 saturated heterocycles. The summed E-state index contributed by atoms with van der Waals surface area (Å²) in [6.45, 7) is 7.54. The average Bonchev–Trinajstić information content (AvgIpc) is 3.16. The van der Waals surface area contributed by atoms with Crippen LogP contribution in [0.3, 0.4) is 0 Å². The second kappa shape index (κ2) is 8.07. The van der Waals surface area contributed by atoms with Gasteiger partial charge < -0.3 is 9.15 Å². The van der Waals surface area contributed by atoms with Crippen LogP contribution in [0.1, 0.15) is 44.2 Å². The molecule has 3 rings (SSSR count). The number of nitrogens with one attached hydrogen (secondary N) is 1. The molecule has 2 aromatic heterocycles. The van der Waals surface area contributed by atoms with Gasteiger partial charge in [0.05, 0.1) is 13.3 Å². The van der Waals surface area contributed by atoms with Gasteiger partial charge in [0.1, 0.15) is 23.1 Å². The van der Waals surface area contributed by atoms with Crippen LogP contribution in [-0.2, 0) is 0 Å². The zero-order valence-corrected chi connectivity index (χ0v) is 17.0. The van der Waals surface area contributed by atoms with E-state index in [9.17, 15) is 10.1 Å². The van der Waals surface area contributed by atoms with Crippen LogP contribution < -0.4 is 10.2 Å². The molecule has 0 atom stereocenters. The summed E-state index contributed by atoms with van der Waals surface area (Å²) < 4.78 is 12.8. The van der Waals surface area contributed by atoms with E-state index in [0.717, 1.165) is 22.5 Å². The Labute approximate surface area is 169 Å². The molecule has 0 aliphatic heterocycles. The first kappa shape index (κ1) is 20.0. The normalized spacial score (nSPS) is 10.9. The van der Waals surface area contributed by atoms with Gasteiger partial charge in [0, 0.05) is 28.1 Å². The molecule has 0 aliphatic rings. The van der Waals surface area contributed by atoms with E-state index in [0.29, 0.717) is 28.5 Å². The van der Waals surface area contributed by atoms with Crippen LogP contribution in [0.5, 0.6) is 5.75 Å². The van der Waals surface area contributed by atoms with Gasteiger partial charge in [-0.1, -0.05) is 6.07 Å². The van der Waals surface area contributed by atoms with Crippen LogP contribution in [0, 0.1) is 39.0 Å². The number of methoxy groups -OCH3 is 1. The van der Waals surface area contributed by atoms with Crippen LogP contribution in [0.2, 0.25) is 0 Å². The van der Waals surface area contributed by atoms with Gasteiger partial charge in [-0.3, -0.25) is 9.36 Å². The maximum absolute atomic E-state index is 12.3. The number of hydrogen-bond donors (Lipinski definition) is 1. The zero-order chi connectivity index (χ0) is 21.1. The lowest BCUT2D eigenvalue weighted by Gasteiger charge is -2.06. The van der Waals surface area contributed by atoms with Crippen LogP contribution >= 0.6 is 0 Å². The highest BCUT2D eigenvalue weighted by molar-refractivity contribution is 5.95. The minimum absolute atomic E-state index is 0.335. The molecule has 7 heteroatoms. The molecule has 148 valence electrons. The number of hydrogen-bond acceptors (Lipinski definition) is 5. The number of hydrazone groups is 1. The van der Waals surface area contributed by atoms with Gasteiger partial charge in [-0.15, -0.1) is 0 Å². The van der Waals surface area contributed by atoms with Crippen molar-refractivity contribution in [2.75, 3.05) is 7.11 Å². The molecule has 0 fully saturated rings. The maximum Gasteiger partial charge on any atom is 0.271 e. The Bertz CT molecular complexity index is 1150. The number of rotatable bonds is 5. The summed E-state index contributed by atoms with van der Waals surface area (Å²) in [5.74, 6) is 1.47. The number of aryl methyl sites for hydroxylation is 2. The molecule has 0 saturated carbocycles. The molecule has 2 heterocycles. The zero-order valence-electron chi connectivity index (χ0n) is 17.0. The van der Waals surface area contributed by atoms with Crippen molar-refractivity contribution < 1.29 is 13.9 Å².